The van der Waals surface area contributed by atoms with Gasteiger partial charge >= 0.3 is 27.7 Å². The van der Waals surface area contributed by atoms with E-state index in [0.717, 1.165) is 36.9 Å². The molecular formula is C35H25Cl2F6N3O4S. The van der Waals surface area contributed by atoms with Crippen LogP contribution in [0.25, 0.3) is 34.5 Å². The number of anilines is 1. The van der Waals surface area contributed by atoms with Gasteiger partial charge in [-0.1, -0.05) is 77.8 Å². The predicted molar refractivity (Wildman–Crippen MR) is 183 cm³/mol. The first kappa shape index (κ1) is 37.5. The van der Waals surface area contributed by atoms with Crippen LogP contribution in [0.4, 0.5) is 32.0 Å². The number of nitrogens with zero attached hydrogens (tertiary/aromatic N) is 3. The van der Waals surface area contributed by atoms with Gasteiger partial charge in [0.25, 0.3) is 0 Å². The molecule has 0 unspecified atom stereocenters. The van der Waals surface area contributed by atoms with Crippen molar-refractivity contribution in [2.45, 2.75) is 18.2 Å². The quantitative estimate of drug-likeness (QED) is 0.105. The molecule has 5 aromatic rings. The highest BCUT2D eigenvalue weighted by Gasteiger charge is 2.51. The molecule has 5 rings (SSSR count). The summed E-state index contributed by atoms with van der Waals surface area (Å²) < 4.78 is 110. The lowest BCUT2D eigenvalue weighted by Gasteiger charge is -2.24. The van der Waals surface area contributed by atoms with E-state index in [4.69, 9.17) is 28.2 Å². The summed E-state index contributed by atoms with van der Waals surface area (Å²) in [4.78, 5) is 16.5. The second kappa shape index (κ2) is 14.8. The van der Waals surface area contributed by atoms with Crippen LogP contribution in [0.1, 0.15) is 22.5 Å². The molecule has 0 spiro atoms. The van der Waals surface area contributed by atoms with Gasteiger partial charge in [0.15, 0.2) is 0 Å². The van der Waals surface area contributed by atoms with Crippen LogP contribution in [0.3, 0.4) is 0 Å². The lowest BCUT2D eigenvalue weighted by Crippen LogP contribution is -2.43. The largest absolute Gasteiger partial charge is 0.516 e. The number of benzene rings is 4. The minimum Gasteiger partial charge on any atom is -0.468 e. The van der Waals surface area contributed by atoms with Crippen molar-refractivity contribution in [1.29, 1.82) is 0 Å². The first-order valence-electron chi connectivity index (χ1n) is 14.7. The molecule has 51 heavy (non-hydrogen) atoms. The minimum atomic E-state index is -5.92. The van der Waals surface area contributed by atoms with Gasteiger partial charge in [-0.25, -0.2) is 4.98 Å². The van der Waals surface area contributed by atoms with Crippen molar-refractivity contribution in [1.82, 2.24) is 9.55 Å². The molecule has 7 nitrogen and oxygen atoms in total. The third-order valence-corrected chi connectivity index (χ3v) is 9.61. The number of rotatable bonds is 10. The number of alkyl halides is 6. The Labute approximate surface area is 298 Å². The number of carbonyl (C=O) groups excluding carboxylic acids is 1. The predicted octanol–water partition coefficient (Wildman–Crippen LogP) is 9.59. The van der Waals surface area contributed by atoms with Gasteiger partial charge in [-0.2, -0.15) is 34.8 Å². The molecule has 0 aliphatic rings. The van der Waals surface area contributed by atoms with Gasteiger partial charge in [0.1, 0.15) is 12.4 Å². The Morgan fingerprint density at radius 3 is 2.02 bits per heavy atom. The molecule has 0 fully saturated rings. The molecule has 0 saturated heterocycles. The van der Waals surface area contributed by atoms with E-state index >= 15 is 0 Å². The van der Waals surface area contributed by atoms with Gasteiger partial charge in [-0.15, -0.1) is 0 Å². The molecule has 0 aliphatic carbocycles. The maximum atomic E-state index is 13.4. The number of ether oxygens (including phenoxy) is 1. The summed E-state index contributed by atoms with van der Waals surface area (Å²) in [6.07, 6.45) is 0.739. The lowest BCUT2D eigenvalue weighted by atomic mass is 10.0. The molecule has 1 heterocycles. The van der Waals surface area contributed by atoms with Gasteiger partial charge in [0.05, 0.1) is 29.1 Å². The van der Waals surface area contributed by atoms with Gasteiger partial charge < -0.3 is 9.30 Å². The van der Waals surface area contributed by atoms with Crippen LogP contribution in [0.5, 0.6) is 0 Å². The molecule has 0 amide bonds. The maximum Gasteiger partial charge on any atom is 0.516 e. The fourth-order valence-corrected chi connectivity index (χ4v) is 6.34. The van der Waals surface area contributed by atoms with Crippen molar-refractivity contribution in [2.24, 2.45) is 0 Å². The van der Waals surface area contributed by atoms with Gasteiger partial charge in [-0.3, -0.25) is 9.10 Å². The fraction of sp³-hybridized carbons (Fsp3) is 0.143. The van der Waals surface area contributed by atoms with Crippen molar-refractivity contribution in [3.05, 3.63) is 130 Å². The monoisotopic (exact) mass is 767 g/mol. The van der Waals surface area contributed by atoms with E-state index in [1.807, 2.05) is 0 Å². The van der Waals surface area contributed by atoms with Crippen LogP contribution >= 0.6 is 23.2 Å². The SMILES string of the molecule is COC(=O)CN(c1ccc(Cn2cc(-c3ccc(Cl)cc3Cl)nc2C=Cc2ccc(-c3ccc(C(F)(F)F)cc3)cc2)cc1)S(=O)(=O)C(F)(F)F. The van der Waals surface area contributed by atoms with Crippen molar-refractivity contribution in [2.75, 3.05) is 18.0 Å². The van der Waals surface area contributed by atoms with Crippen LogP contribution in [0.2, 0.25) is 10.0 Å². The zero-order valence-corrected chi connectivity index (χ0v) is 28.5. The number of sulfonamides is 1. The van der Waals surface area contributed by atoms with Crippen LogP contribution in [-0.2, 0) is 32.3 Å². The number of halogens is 8. The average Bonchev–Trinajstić information content (AvgIpc) is 3.47. The highest BCUT2D eigenvalue weighted by atomic mass is 35.5. The number of hydrogen-bond donors (Lipinski definition) is 0. The molecule has 266 valence electrons. The Morgan fingerprint density at radius 2 is 1.47 bits per heavy atom. The standard InChI is InChI=1S/C35H25Cl2F6N3O4S/c1-50-33(47)21-46(51(48,49)35(41,42)43)28-14-4-23(5-15-28)19-45-20-31(29-16-13-27(36)18-30(29)37)44-32(45)17-6-22-2-7-24(8-3-22)25-9-11-26(12-10-25)34(38,39)40/h2-18,20H,19,21H2,1H3. The van der Waals surface area contributed by atoms with E-state index in [9.17, 15) is 39.6 Å². The molecule has 0 atom stereocenters. The second-order valence-electron chi connectivity index (χ2n) is 11.0. The summed E-state index contributed by atoms with van der Waals surface area (Å²) in [6, 6.07) is 21.9. The Kier molecular flexibility index (Phi) is 10.9. The summed E-state index contributed by atoms with van der Waals surface area (Å²) in [5.74, 6) is -0.747. The smallest absolute Gasteiger partial charge is 0.468 e. The number of imidazole rings is 1. The number of hydrogen-bond acceptors (Lipinski definition) is 5. The topological polar surface area (TPSA) is 81.5 Å². The maximum absolute atomic E-state index is 13.4. The van der Waals surface area contributed by atoms with Crippen molar-refractivity contribution < 1.29 is 44.3 Å². The summed E-state index contributed by atoms with van der Waals surface area (Å²) in [5, 5.41) is 0.749. The molecule has 1 aromatic heterocycles. The first-order valence-corrected chi connectivity index (χ1v) is 16.9. The average molecular weight is 769 g/mol. The summed E-state index contributed by atoms with van der Waals surface area (Å²) in [7, 11) is -5.00. The van der Waals surface area contributed by atoms with Crippen molar-refractivity contribution >= 4 is 57.0 Å². The van der Waals surface area contributed by atoms with Crippen LogP contribution in [-0.4, -0.2) is 43.1 Å². The summed E-state index contributed by atoms with van der Waals surface area (Å²) in [5.41, 5.74) is -3.16. The van der Waals surface area contributed by atoms with E-state index in [1.54, 1.807) is 65.4 Å². The van der Waals surface area contributed by atoms with Gasteiger partial charge in [-0.05, 0) is 70.8 Å². The summed E-state index contributed by atoms with van der Waals surface area (Å²) >= 11 is 12.5. The Balaban J connectivity index is 1.44. The molecule has 16 heteroatoms. The Hall–Kier alpha value is -4.79. The molecule has 4 aromatic carbocycles. The van der Waals surface area contributed by atoms with E-state index < -0.39 is 45.5 Å². The lowest BCUT2D eigenvalue weighted by molar-refractivity contribution is -0.139. The van der Waals surface area contributed by atoms with Crippen LogP contribution < -0.4 is 4.31 Å². The van der Waals surface area contributed by atoms with Crippen LogP contribution in [0.15, 0.2) is 97.2 Å². The third kappa shape index (κ3) is 8.75. The molecule has 0 aliphatic heterocycles. The molecule has 0 bridgehead atoms. The van der Waals surface area contributed by atoms with E-state index in [0.29, 0.717) is 43.8 Å². The zero-order valence-electron chi connectivity index (χ0n) is 26.2. The van der Waals surface area contributed by atoms with E-state index in [2.05, 4.69) is 4.74 Å². The molecule has 0 saturated carbocycles. The van der Waals surface area contributed by atoms with E-state index in [1.165, 1.54) is 24.3 Å². The Bertz CT molecular complexity index is 2170. The number of carbonyl (C=O) groups is 1. The molecule has 0 N–H and O–H groups in total. The van der Waals surface area contributed by atoms with Crippen molar-refractivity contribution in [3.63, 3.8) is 0 Å². The fourth-order valence-electron chi connectivity index (χ4n) is 4.91. The summed E-state index contributed by atoms with van der Waals surface area (Å²) in [6.45, 7) is -1.06. The number of aromatic nitrogens is 2. The van der Waals surface area contributed by atoms with E-state index in [-0.39, 0.29) is 10.8 Å². The van der Waals surface area contributed by atoms with Gasteiger partial charge in [0.2, 0.25) is 0 Å². The second-order valence-corrected chi connectivity index (χ2v) is 13.7. The van der Waals surface area contributed by atoms with Crippen LogP contribution in [0, 0.1) is 0 Å². The first-order chi connectivity index (χ1) is 24.0. The number of methoxy groups -OCH3 is 1. The molecular weight excluding hydrogens is 743 g/mol. The van der Waals surface area contributed by atoms with Crippen molar-refractivity contribution in [3.8, 4) is 22.4 Å². The highest BCUT2D eigenvalue weighted by molar-refractivity contribution is 7.93. The minimum absolute atomic E-state index is 0.0720. The zero-order chi connectivity index (χ0) is 37.1. The number of esters is 1. The third-order valence-electron chi connectivity index (χ3n) is 7.56. The highest BCUT2D eigenvalue weighted by Crippen LogP contribution is 2.34. The van der Waals surface area contributed by atoms with Gasteiger partial charge in [0, 0.05) is 23.3 Å². The normalized spacial score (nSPS) is 12.3. The molecule has 0 radical (unpaired) electrons. The Morgan fingerprint density at radius 1 is 0.863 bits per heavy atom.